The first-order valence-electron chi connectivity index (χ1n) is 41.6. The zero-order chi connectivity index (χ0) is 75.2. The van der Waals surface area contributed by atoms with Crippen LogP contribution in [0.2, 0.25) is 0 Å². The molecule has 550 valence electrons. The van der Waals surface area contributed by atoms with Crippen molar-refractivity contribution in [2.75, 3.05) is 0 Å². The maximum absolute atomic E-state index is 2.60. The highest BCUT2D eigenvalue weighted by atomic mass is 14.5. The van der Waals surface area contributed by atoms with Gasteiger partial charge in [-0.05, 0) is 239 Å². The quantitative estimate of drug-likeness (QED) is 0.140. The van der Waals surface area contributed by atoms with Crippen LogP contribution >= 0.6 is 0 Å². The van der Waals surface area contributed by atoms with E-state index in [0.717, 1.165) is 5.92 Å². The van der Waals surface area contributed by atoms with Crippen LogP contribution in [0.4, 0.5) is 0 Å². The standard InChI is InChI=1S/C30H40.C22H28.C20H22.C20H24.C14H12/c1-18-19-14-23-25(29(6,7)12-10-27(23,2)3)16-21(19)22-17-26-24(15-20(18)22)28(4,5)11-13-30(26,8)9;1-14-19-12-15(21(2,3)4)8-10-17(19)18-11-9-16(13-20(14)18)22(5,6)7;1-14-17-8-4-5-9-18(17)19-11-10-16(13-20(14)19)12-15-6-2-3-7-15;1-3-4-5-6-9-16-12-13-19-18-11-8-7-10-17(18)15(2)20(19)14-16;1-10-11-6-2-4-8-13(11)14-9-5-3-7-12(10)14/h14-18H,10-13H2,1-9H3;8-14H,1-7H3;4-5,8-11,13-15H,2-3,6-7,12H2,1H3;7-8,10-15H,3-6,9H2,1-2H3;2-10H,1H3. The lowest BCUT2D eigenvalue weighted by Gasteiger charge is -2.42. The van der Waals surface area contributed by atoms with E-state index in [1.807, 2.05) is 0 Å². The third-order valence-corrected chi connectivity index (χ3v) is 27.4. The summed E-state index contributed by atoms with van der Waals surface area (Å²) in [6.45, 7) is 47.4. The van der Waals surface area contributed by atoms with E-state index in [0.29, 0.717) is 29.6 Å². The second-order valence-corrected chi connectivity index (χ2v) is 38.6. The molecule has 0 amide bonds. The average molecular weight is 1400 g/mol. The van der Waals surface area contributed by atoms with Gasteiger partial charge in [-0.2, -0.15) is 0 Å². The van der Waals surface area contributed by atoms with E-state index in [4.69, 9.17) is 0 Å². The normalized spacial score (nSPS) is 18.8. The van der Waals surface area contributed by atoms with Crippen LogP contribution in [0.15, 0.2) is 194 Å². The van der Waals surface area contributed by atoms with Crippen molar-refractivity contribution >= 4 is 0 Å². The molecular weight excluding hydrogens is 1270 g/mol. The first-order chi connectivity index (χ1) is 50.3. The molecule has 0 N–H and O–H groups in total. The Morgan fingerprint density at radius 3 is 0.953 bits per heavy atom. The molecule has 0 saturated heterocycles. The Kier molecular flexibility index (Phi) is 20.5. The molecule has 10 aromatic carbocycles. The molecule has 0 spiro atoms. The number of hydrogen-bond donors (Lipinski definition) is 0. The van der Waals surface area contributed by atoms with Gasteiger partial charge < -0.3 is 0 Å². The van der Waals surface area contributed by atoms with Gasteiger partial charge in [0, 0.05) is 29.6 Å². The maximum Gasteiger partial charge on any atom is 0.00735 e. The van der Waals surface area contributed by atoms with Gasteiger partial charge in [0.1, 0.15) is 0 Å². The predicted octanol–water partition coefficient (Wildman–Crippen LogP) is 30.2. The molecule has 0 heterocycles. The fourth-order valence-corrected chi connectivity index (χ4v) is 20.0. The fraction of sp³-hybridized carbons (Fsp3) is 0.434. The molecule has 10 aromatic rings. The summed E-state index contributed by atoms with van der Waals surface area (Å²) in [6, 6.07) is 74.0. The van der Waals surface area contributed by atoms with Crippen molar-refractivity contribution in [2.24, 2.45) is 5.92 Å². The zero-order valence-electron chi connectivity index (χ0n) is 68.8. The molecular formula is C106H126. The molecule has 8 aliphatic carbocycles. The molecule has 0 bridgehead atoms. The predicted molar refractivity (Wildman–Crippen MR) is 458 cm³/mol. The van der Waals surface area contributed by atoms with Crippen LogP contribution in [0.3, 0.4) is 0 Å². The summed E-state index contributed by atoms with van der Waals surface area (Å²) in [7, 11) is 0. The van der Waals surface area contributed by atoms with Crippen molar-refractivity contribution in [2.45, 2.75) is 290 Å². The second kappa shape index (κ2) is 29.0. The van der Waals surface area contributed by atoms with Crippen LogP contribution in [-0.2, 0) is 45.3 Å². The van der Waals surface area contributed by atoms with Crippen LogP contribution in [0.1, 0.15) is 345 Å². The lowest BCUT2D eigenvalue weighted by atomic mass is 9.62. The number of unbranched alkanes of at least 4 members (excludes halogenated alkanes) is 3. The van der Waals surface area contributed by atoms with Gasteiger partial charge in [0.25, 0.3) is 0 Å². The van der Waals surface area contributed by atoms with E-state index >= 15 is 0 Å². The van der Waals surface area contributed by atoms with Gasteiger partial charge in [-0.1, -0.05) is 378 Å². The lowest BCUT2D eigenvalue weighted by Crippen LogP contribution is -2.34. The molecule has 0 heteroatoms. The van der Waals surface area contributed by atoms with Crippen LogP contribution < -0.4 is 0 Å². The Balaban J connectivity index is 0.000000113. The molecule has 2 unspecified atom stereocenters. The molecule has 8 aliphatic rings. The maximum atomic E-state index is 2.60. The van der Waals surface area contributed by atoms with Gasteiger partial charge in [0.2, 0.25) is 0 Å². The van der Waals surface area contributed by atoms with Crippen molar-refractivity contribution in [3.05, 3.63) is 294 Å². The number of rotatable bonds is 7. The van der Waals surface area contributed by atoms with Crippen molar-refractivity contribution in [3.63, 3.8) is 0 Å². The van der Waals surface area contributed by atoms with E-state index in [-0.39, 0.29) is 32.5 Å². The molecule has 1 fully saturated rings. The highest BCUT2D eigenvalue weighted by molar-refractivity contribution is 5.84. The molecule has 0 nitrogen and oxygen atoms in total. The van der Waals surface area contributed by atoms with E-state index in [9.17, 15) is 0 Å². The zero-order valence-corrected chi connectivity index (χ0v) is 68.8. The van der Waals surface area contributed by atoms with Crippen LogP contribution in [0.5, 0.6) is 0 Å². The highest BCUT2D eigenvalue weighted by Crippen LogP contribution is 2.57. The number of hydrogen-bond acceptors (Lipinski definition) is 0. The van der Waals surface area contributed by atoms with Gasteiger partial charge >= 0.3 is 0 Å². The highest BCUT2D eigenvalue weighted by Gasteiger charge is 2.43. The molecule has 106 heavy (non-hydrogen) atoms. The van der Waals surface area contributed by atoms with Gasteiger partial charge in [-0.3, -0.25) is 0 Å². The van der Waals surface area contributed by atoms with Crippen LogP contribution in [0, 0.1) is 5.92 Å². The van der Waals surface area contributed by atoms with E-state index in [1.165, 1.54) is 201 Å². The molecule has 0 radical (unpaired) electrons. The van der Waals surface area contributed by atoms with E-state index < -0.39 is 0 Å². The summed E-state index contributed by atoms with van der Waals surface area (Å²) >= 11 is 0. The first-order valence-corrected chi connectivity index (χ1v) is 41.6. The van der Waals surface area contributed by atoms with Gasteiger partial charge in [-0.25, -0.2) is 0 Å². The third-order valence-electron chi connectivity index (χ3n) is 27.4. The van der Waals surface area contributed by atoms with Crippen molar-refractivity contribution in [3.8, 4) is 55.6 Å². The summed E-state index contributed by atoms with van der Waals surface area (Å²) < 4.78 is 0. The Morgan fingerprint density at radius 1 is 0.292 bits per heavy atom. The topological polar surface area (TPSA) is 0 Å². The molecule has 1 saturated carbocycles. The van der Waals surface area contributed by atoms with Crippen LogP contribution in [-0.4, -0.2) is 0 Å². The molecule has 0 aliphatic heterocycles. The van der Waals surface area contributed by atoms with E-state index in [1.54, 1.807) is 44.5 Å². The lowest BCUT2D eigenvalue weighted by molar-refractivity contribution is 0.331. The van der Waals surface area contributed by atoms with Crippen molar-refractivity contribution in [1.29, 1.82) is 0 Å². The minimum absolute atomic E-state index is 0.208. The monoisotopic (exact) mass is 1400 g/mol. The number of benzene rings is 10. The summed E-state index contributed by atoms with van der Waals surface area (Å²) in [5, 5.41) is 0. The molecule has 0 aromatic heterocycles. The summed E-state index contributed by atoms with van der Waals surface area (Å²) in [5.74, 6) is 3.60. The Labute approximate surface area is 642 Å². The number of aryl methyl sites for hydroxylation is 1. The summed E-state index contributed by atoms with van der Waals surface area (Å²) in [6.07, 6.45) is 18.8. The fourth-order valence-electron chi connectivity index (χ4n) is 20.0. The number of fused-ring (bicyclic) bond motifs is 17. The largest absolute Gasteiger partial charge is 0.0654 e. The average Bonchev–Trinajstić information content (AvgIpc) is 1.53. The smallest absolute Gasteiger partial charge is 0.00735 e. The SMILES string of the molecule is CC1c2cc(C(C)(C)C)ccc2-c2ccc(C(C)(C)C)cc21.CC1c2cc3c(cc2-c2cc4c(cc21)C(C)(C)CCC4(C)C)C(C)(C)CCC3(C)C.CC1c2ccccc2-c2ccc(CC3CCCC3)cc21.CC1c2ccccc2-c2ccccc21.CCCCCCc1ccc2c(c1)C(C)c1ccccc1-2. The van der Waals surface area contributed by atoms with Gasteiger partial charge in [0.05, 0.1) is 0 Å². The Morgan fingerprint density at radius 2 is 0.585 bits per heavy atom. The van der Waals surface area contributed by atoms with Crippen molar-refractivity contribution < 1.29 is 0 Å². The minimum Gasteiger partial charge on any atom is -0.0654 e. The summed E-state index contributed by atoms with van der Waals surface area (Å²) in [5.41, 5.74) is 43.4. The third kappa shape index (κ3) is 14.3. The Bertz CT molecular complexity index is 4710. The van der Waals surface area contributed by atoms with Gasteiger partial charge in [0.15, 0.2) is 0 Å². The second-order valence-electron chi connectivity index (χ2n) is 38.6. The summed E-state index contributed by atoms with van der Waals surface area (Å²) in [4.78, 5) is 0. The van der Waals surface area contributed by atoms with Crippen LogP contribution in [0.25, 0.3) is 55.6 Å². The van der Waals surface area contributed by atoms with Gasteiger partial charge in [-0.15, -0.1) is 0 Å². The molecule has 18 rings (SSSR count). The van der Waals surface area contributed by atoms with Crippen molar-refractivity contribution in [1.82, 2.24) is 0 Å². The minimum atomic E-state index is 0.208. The Hall–Kier alpha value is -7.80. The molecule has 2 atom stereocenters. The van der Waals surface area contributed by atoms with E-state index in [2.05, 4.69) is 333 Å². The first kappa shape index (κ1) is 75.0.